The van der Waals surface area contributed by atoms with E-state index >= 15 is 0 Å². The number of imidazole rings is 1. The average molecular weight is 390 g/mol. The zero-order valence-electron chi connectivity index (χ0n) is 17.4. The molecule has 2 aliphatic heterocycles. The molecule has 0 aliphatic carbocycles. The fraction of sp³-hybridized carbons (Fsp3) is 0.364. The third kappa shape index (κ3) is 3.06. The molecule has 1 aromatic carbocycles. The van der Waals surface area contributed by atoms with Crippen LogP contribution in [0.4, 0.5) is 0 Å². The van der Waals surface area contributed by atoms with Gasteiger partial charge in [-0.1, -0.05) is 32.9 Å². The molecule has 0 fully saturated rings. The van der Waals surface area contributed by atoms with Crippen molar-refractivity contribution in [2.75, 3.05) is 7.05 Å². The van der Waals surface area contributed by atoms with Crippen molar-refractivity contribution in [1.29, 1.82) is 5.26 Å². The summed E-state index contributed by atoms with van der Waals surface area (Å²) in [7, 11) is 1.91. The second kappa shape index (κ2) is 6.68. The van der Waals surface area contributed by atoms with Crippen molar-refractivity contribution >= 4 is 0 Å². The van der Waals surface area contributed by atoms with E-state index in [4.69, 9.17) is 10.5 Å². The van der Waals surface area contributed by atoms with Gasteiger partial charge in [-0.05, 0) is 30.0 Å². The summed E-state index contributed by atoms with van der Waals surface area (Å²) < 4.78 is 7.89. The highest BCUT2D eigenvalue weighted by molar-refractivity contribution is 5.53. The van der Waals surface area contributed by atoms with E-state index in [9.17, 15) is 5.26 Å². The van der Waals surface area contributed by atoms with Crippen molar-refractivity contribution in [3.8, 4) is 11.8 Å². The van der Waals surface area contributed by atoms with E-state index in [1.165, 1.54) is 0 Å². The Hall–Kier alpha value is -3.24. The van der Waals surface area contributed by atoms with Crippen molar-refractivity contribution in [2.24, 2.45) is 11.1 Å². The lowest BCUT2D eigenvalue weighted by Gasteiger charge is -2.33. The van der Waals surface area contributed by atoms with Crippen LogP contribution < -0.4 is 11.2 Å². The number of hydrogen-bond acceptors (Lipinski definition) is 6. The van der Waals surface area contributed by atoms with E-state index in [0.29, 0.717) is 11.5 Å². The molecule has 3 heterocycles. The van der Waals surface area contributed by atoms with Crippen LogP contribution in [0.25, 0.3) is 5.69 Å². The maximum Gasteiger partial charge on any atom is 0.213 e. The Bertz CT molecular complexity index is 1050. The number of nitriles is 1. The highest BCUT2D eigenvalue weighted by Gasteiger charge is 2.46. The molecule has 150 valence electrons. The number of aromatic nitrogens is 2. The normalized spacial score (nSPS) is 21.9. The number of nitrogens with zero attached hydrogens (tertiary/aromatic N) is 4. The van der Waals surface area contributed by atoms with Crippen LogP contribution >= 0.6 is 0 Å². The van der Waals surface area contributed by atoms with Gasteiger partial charge in [0.2, 0.25) is 11.8 Å². The molecule has 0 radical (unpaired) electrons. The van der Waals surface area contributed by atoms with Gasteiger partial charge in [0.1, 0.15) is 17.5 Å². The summed E-state index contributed by atoms with van der Waals surface area (Å²) in [6.07, 6.45) is 3.72. The van der Waals surface area contributed by atoms with E-state index in [2.05, 4.69) is 49.4 Å². The van der Waals surface area contributed by atoms with Crippen molar-refractivity contribution in [3.05, 3.63) is 71.0 Å². The lowest BCUT2D eigenvalue weighted by Crippen LogP contribution is -2.43. The molecule has 0 amide bonds. The van der Waals surface area contributed by atoms with Crippen molar-refractivity contribution in [3.63, 3.8) is 0 Å². The van der Waals surface area contributed by atoms with Crippen LogP contribution in [0.3, 0.4) is 0 Å². The largest absolute Gasteiger partial charge is 0.423 e. The Morgan fingerprint density at radius 3 is 2.48 bits per heavy atom. The molecule has 2 aromatic rings. The monoisotopic (exact) mass is 390 g/mol. The van der Waals surface area contributed by atoms with Crippen molar-refractivity contribution in [1.82, 2.24) is 20.0 Å². The first-order valence-electron chi connectivity index (χ1n) is 9.64. The Morgan fingerprint density at radius 2 is 1.93 bits per heavy atom. The minimum atomic E-state index is -0.261. The molecule has 1 aromatic heterocycles. The number of nitrogens with two attached hydrogens (primary N) is 1. The molecule has 4 rings (SSSR count). The summed E-state index contributed by atoms with van der Waals surface area (Å²) in [5, 5.41) is 11.7. The molecular weight excluding hydrogens is 364 g/mol. The minimum absolute atomic E-state index is 0.0134. The molecule has 29 heavy (non-hydrogen) atoms. The molecule has 0 saturated heterocycles. The number of hydrazine groups is 1. The zero-order chi connectivity index (χ0) is 20.9. The topological polar surface area (TPSA) is 92.1 Å². The number of nitrogens with one attached hydrogen (secondary N) is 1. The number of benzene rings is 1. The van der Waals surface area contributed by atoms with Gasteiger partial charge in [-0.3, -0.25) is 5.01 Å². The predicted octanol–water partition coefficient (Wildman–Crippen LogP) is 3.06. The first-order chi connectivity index (χ1) is 13.7. The number of rotatable bonds is 2. The summed E-state index contributed by atoms with van der Waals surface area (Å²) in [4.78, 5) is 4.29. The van der Waals surface area contributed by atoms with Crippen molar-refractivity contribution in [2.45, 2.75) is 39.7 Å². The fourth-order valence-electron chi connectivity index (χ4n) is 4.12. The van der Waals surface area contributed by atoms with Crippen LogP contribution in [0.2, 0.25) is 0 Å². The Balaban J connectivity index is 1.82. The van der Waals surface area contributed by atoms with Gasteiger partial charge in [-0.25, -0.2) is 10.4 Å². The molecule has 7 nitrogen and oxygen atoms in total. The second-order valence-electron chi connectivity index (χ2n) is 8.61. The smallest absolute Gasteiger partial charge is 0.213 e. The van der Waals surface area contributed by atoms with Gasteiger partial charge in [0.25, 0.3) is 0 Å². The van der Waals surface area contributed by atoms with E-state index < -0.39 is 0 Å². The number of hydrogen-bond donors (Lipinski definition) is 2. The third-order valence-corrected chi connectivity index (χ3v) is 5.57. The first-order valence-corrected chi connectivity index (χ1v) is 9.64. The van der Waals surface area contributed by atoms with Crippen LogP contribution in [-0.4, -0.2) is 27.6 Å². The highest BCUT2D eigenvalue weighted by Crippen LogP contribution is 2.47. The van der Waals surface area contributed by atoms with Gasteiger partial charge in [-0.2, -0.15) is 5.26 Å². The number of aryl methyl sites for hydroxylation is 1. The summed E-state index contributed by atoms with van der Waals surface area (Å²) in [6.45, 7) is 8.48. The highest BCUT2D eigenvalue weighted by atomic mass is 16.5. The van der Waals surface area contributed by atoms with Gasteiger partial charge in [0.15, 0.2) is 0 Å². The standard InChI is InChI=1S/C22H26N6O/c1-13-25-10-11-28(13)15-8-6-14(7-9-15)17-16(12-23)20(24)29-21-18(17)19(22(2,3)4)26-27(21)5/h6-11,17,19,26H,24H2,1-5H3. The van der Waals surface area contributed by atoms with Crippen LogP contribution in [0, 0.1) is 23.7 Å². The molecule has 7 heteroatoms. The van der Waals surface area contributed by atoms with E-state index in [1.807, 2.05) is 41.9 Å². The first kappa shape index (κ1) is 19.1. The van der Waals surface area contributed by atoms with Crippen LogP contribution in [0.15, 0.2) is 59.6 Å². The van der Waals surface area contributed by atoms with E-state index in [1.54, 1.807) is 6.20 Å². The van der Waals surface area contributed by atoms with E-state index in [-0.39, 0.29) is 23.3 Å². The summed E-state index contributed by atoms with van der Waals surface area (Å²) in [5.41, 5.74) is 13.1. The molecule has 0 saturated carbocycles. The fourth-order valence-corrected chi connectivity index (χ4v) is 4.12. The maximum atomic E-state index is 9.87. The van der Waals surface area contributed by atoms with Crippen LogP contribution in [-0.2, 0) is 4.74 Å². The zero-order valence-corrected chi connectivity index (χ0v) is 17.4. The molecule has 0 spiro atoms. The molecule has 0 bridgehead atoms. The van der Waals surface area contributed by atoms with Gasteiger partial charge in [-0.15, -0.1) is 0 Å². The predicted molar refractivity (Wildman–Crippen MR) is 110 cm³/mol. The minimum Gasteiger partial charge on any atom is -0.423 e. The quantitative estimate of drug-likeness (QED) is 0.819. The number of allylic oxidation sites excluding steroid dienone is 1. The molecule has 2 atom stereocenters. The third-order valence-electron chi connectivity index (χ3n) is 5.57. The van der Waals surface area contributed by atoms with Gasteiger partial charge < -0.3 is 15.0 Å². The molecule has 2 unspecified atom stereocenters. The van der Waals surface area contributed by atoms with Gasteiger partial charge in [0.05, 0.1) is 12.0 Å². The maximum absolute atomic E-state index is 9.87. The average Bonchev–Trinajstić information content (AvgIpc) is 3.24. The lowest BCUT2D eigenvalue weighted by molar-refractivity contribution is 0.140. The Kier molecular flexibility index (Phi) is 4.39. The summed E-state index contributed by atoms with van der Waals surface area (Å²) >= 11 is 0. The van der Waals surface area contributed by atoms with Crippen molar-refractivity contribution < 1.29 is 4.74 Å². The SMILES string of the molecule is Cc1nccn1-c1ccc(C2C(C#N)=C(N)OC3=C2C(C(C)(C)C)NN3C)cc1. The van der Waals surface area contributed by atoms with E-state index in [0.717, 1.165) is 22.6 Å². The number of ether oxygens (including phenoxy) is 1. The second-order valence-corrected chi connectivity index (χ2v) is 8.61. The van der Waals surface area contributed by atoms with Gasteiger partial charge in [0, 0.05) is 30.7 Å². The summed E-state index contributed by atoms with van der Waals surface area (Å²) in [6, 6.07) is 10.5. The van der Waals surface area contributed by atoms with Crippen LogP contribution in [0.5, 0.6) is 0 Å². The van der Waals surface area contributed by atoms with Crippen LogP contribution in [0.1, 0.15) is 38.1 Å². The molecule has 2 aliphatic rings. The summed E-state index contributed by atoms with van der Waals surface area (Å²) in [5.74, 6) is 1.50. The lowest BCUT2D eigenvalue weighted by atomic mass is 9.74. The Labute approximate surface area is 171 Å². The molecule has 3 N–H and O–H groups in total. The van der Waals surface area contributed by atoms with Gasteiger partial charge >= 0.3 is 0 Å². The Morgan fingerprint density at radius 1 is 1.24 bits per heavy atom. The molecular formula is C22H26N6O.